The second kappa shape index (κ2) is 6.10. The molecule has 4 nitrogen and oxygen atoms in total. The summed E-state index contributed by atoms with van der Waals surface area (Å²) in [5.74, 6) is 0.516. The molecule has 1 aliphatic rings. The Morgan fingerprint density at radius 2 is 2.10 bits per heavy atom. The van der Waals surface area contributed by atoms with Crippen LogP contribution in [0.5, 0.6) is 0 Å². The summed E-state index contributed by atoms with van der Waals surface area (Å²) in [6.45, 7) is 2.16. The zero-order chi connectivity index (χ0) is 14.8. The van der Waals surface area contributed by atoms with Crippen LogP contribution in [0.3, 0.4) is 0 Å². The first kappa shape index (κ1) is 15.3. The van der Waals surface area contributed by atoms with Crippen LogP contribution in [-0.4, -0.2) is 18.1 Å². The summed E-state index contributed by atoms with van der Waals surface area (Å²) in [4.78, 5) is 12.5. The average Bonchev–Trinajstić information content (AvgIpc) is 2.40. The van der Waals surface area contributed by atoms with Crippen LogP contribution in [0.4, 0.5) is 0 Å². The van der Waals surface area contributed by atoms with Crippen molar-refractivity contribution in [2.45, 2.75) is 25.2 Å². The maximum absolute atomic E-state index is 12.5. The fraction of sp³-hybridized carbons (Fsp3) is 0.429. The van der Waals surface area contributed by atoms with Crippen LogP contribution in [0.2, 0.25) is 0 Å². The molecular weight excluding hydrogens is 338 g/mol. The Hall–Kier alpha value is -1.14. The van der Waals surface area contributed by atoms with Crippen molar-refractivity contribution in [1.29, 1.82) is 0 Å². The normalized spacial score (nSPS) is 24.4. The zero-order valence-electron chi connectivity index (χ0n) is 11.5. The number of rotatable bonds is 2. The molecule has 0 unspecified atom stereocenters. The molecule has 0 heterocycles. The van der Waals surface area contributed by atoms with E-state index >= 15 is 0 Å². The Kier molecular flexibility index (Phi) is 4.65. The van der Waals surface area contributed by atoms with E-state index in [0.29, 0.717) is 11.0 Å². The summed E-state index contributed by atoms with van der Waals surface area (Å²) in [7, 11) is 1.71. The van der Waals surface area contributed by atoms with Gasteiger partial charge in [-0.15, -0.1) is 0 Å². The van der Waals surface area contributed by atoms with Gasteiger partial charge in [-0.2, -0.15) is 0 Å². The van der Waals surface area contributed by atoms with Gasteiger partial charge in [0.15, 0.2) is 5.11 Å². The van der Waals surface area contributed by atoms with E-state index in [9.17, 15) is 4.79 Å². The molecule has 0 atom stereocenters. The van der Waals surface area contributed by atoms with Gasteiger partial charge in [0.25, 0.3) is 0 Å². The molecule has 0 spiro atoms. The molecule has 0 aromatic heterocycles. The van der Waals surface area contributed by atoms with Gasteiger partial charge < -0.3 is 5.32 Å². The number of nitrogens with one attached hydrogen (secondary N) is 3. The Balaban J connectivity index is 2.18. The van der Waals surface area contributed by atoms with E-state index in [4.69, 9.17) is 12.2 Å². The van der Waals surface area contributed by atoms with Crippen LogP contribution >= 0.6 is 28.1 Å². The lowest BCUT2D eigenvalue weighted by molar-refractivity contribution is -0.132. The summed E-state index contributed by atoms with van der Waals surface area (Å²) >= 11 is 8.43. The fourth-order valence-electron chi connectivity index (χ4n) is 2.76. The van der Waals surface area contributed by atoms with E-state index in [2.05, 4.69) is 39.0 Å². The van der Waals surface area contributed by atoms with E-state index < -0.39 is 5.41 Å². The molecule has 1 amide bonds. The molecule has 1 aromatic rings. The highest BCUT2D eigenvalue weighted by Gasteiger charge is 2.49. The summed E-state index contributed by atoms with van der Waals surface area (Å²) in [6.07, 6.45) is 1.70. The highest BCUT2D eigenvalue weighted by atomic mass is 79.9. The third-order valence-electron chi connectivity index (χ3n) is 3.72. The van der Waals surface area contributed by atoms with Crippen molar-refractivity contribution in [2.24, 2.45) is 5.92 Å². The van der Waals surface area contributed by atoms with Gasteiger partial charge in [-0.05, 0) is 48.7 Å². The van der Waals surface area contributed by atoms with Crippen molar-refractivity contribution in [3.63, 3.8) is 0 Å². The van der Waals surface area contributed by atoms with E-state index in [1.54, 1.807) is 7.05 Å². The molecule has 1 aliphatic carbocycles. The Labute approximate surface area is 132 Å². The van der Waals surface area contributed by atoms with Crippen LogP contribution in [0, 0.1) is 5.92 Å². The number of hydrogen-bond donors (Lipinski definition) is 3. The molecule has 108 valence electrons. The van der Waals surface area contributed by atoms with Gasteiger partial charge >= 0.3 is 0 Å². The highest BCUT2D eigenvalue weighted by molar-refractivity contribution is 9.10. The molecule has 1 saturated carbocycles. The van der Waals surface area contributed by atoms with Crippen molar-refractivity contribution >= 4 is 39.2 Å². The third kappa shape index (κ3) is 2.96. The van der Waals surface area contributed by atoms with E-state index in [1.807, 2.05) is 24.3 Å². The molecule has 1 aromatic carbocycles. The number of thiocarbonyl (C=S) groups is 1. The first-order valence-corrected chi connectivity index (χ1v) is 7.72. The Morgan fingerprint density at radius 1 is 1.40 bits per heavy atom. The van der Waals surface area contributed by atoms with Crippen LogP contribution < -0.4 is 16.2 Å². The number of hydrazine groups is 1. The van der Waals surface area contributed by atoms with Crippen molar-refractivity contribution in [3.8, 4) is 0 Å². The number of hydrogen-bond acceptors (Lipinski definition) is 2. The minimum atomic E-state index is -0.459. The summed E-state index contributed by atoms with van der Waals surface area (Å²) in [5, 5.41) is 3.16. The number of amides is 1. The molecule has 6 heteroatoms. The molecule has 2 rings (SSSR count). The number of halogens is 1. The zero-order valence-corrected chi connectivity index (χ0v) is 13.9. The average molecular weight is 356 g/mol. The number of carbonyl (C=O) groups is 1. The van der Waals surface area contributed by atoms with Crippen LogP contribution in [0.15, 0.2) is 28.7 Å². The lowest BCUT2D eigenvalue weighted by Crippen LogP contribution is -2.57. The lowest BCUT2D eigenvalue weighted by atomic mass is 9.58. The molecule has 0 aliphatic heterocycles. The standard InChI is InChI=1S/C14H18BrN3OS/c1-9-7-14(8-9,10-4-3-5-11(15)6-10)12(19)17-18-13(20)16-2/h3-6,9H,7-8H2,1-2H3,(H,17,19)(H2,16,18,20). The first-order chi connectivity index (χ1) is 9.48. The maximum atomic E-state index is 12.5. The minimum Gasteiger partial charge on any atom is -0.364 e. The van der Waals surface area contributed by atoms with Gasteiger partial charge in [0.1, 0.15) is 0 Å². The van der Waals surface area contributed by atoms with Gasteiger partial charge in [0.2, 0.25) is 5.91 Å². The van der Waals surface area contributed by atoms with E-state index in [1.165, 1.54) is 0 Å². The fourth-order valence-corrected chi connectivity index (χ4v) is 3.21. The Morgan fingerprint density at radius 3 is 2.65 bits per heavy atom. The van der Waals surface area contributed by atoms with Gasteiger partial charge in [-0.1, -0.05) is 35.0 Å². The molecule has 0 radical (unpaired) electrons. The smallest absolute Gasteiger partial charge is 0.249 e. The van der Waals surface area contributed by atoms with Crippen LogP contribution in [0.1, 0.15) is 25.3 Å². The Bertz CT molecular complexity index is 529. The first-order valence-electron chi connectivity index (χ1n) is 6.52. The number of carbonyl (C=O) groups excluding carboxylic acids is 1. The lowest BCUT2D eigenvalue weighted by Gasteiger charge is -2.45. The van der Waals surface area contributed by atoms with E-state index in [0.717, 1.165) is 22.9 Å². The predicted octanol–water partition coefficient (Wildman–Crippen LogP) is 2.24. The van der Waals surface area contributed by atoms with E-state index in [-0.39, 0.29) is 5.91 Å². The van der Waals surface area contributed by atoms with Gasteiger partial charge in [-0.3, -0.25) is 15.6 Å². The third-order valence-corrected chi connectivity index (χ3v) is 4.52. The van der Waals surface area contributed by atoms with Gasteiger partial charge in [0, 0.05) is 11.5 Å². The monoisotopic (exact) mass is 355 g/mol. The largest absolute Gasteiger partial charge is 0.364 e. The van der Waals surface area contributed by atoms with Crippen molar-refractivity contribution in [3.05, 3.63) is 34.3 Å². The molecule has 1 fully saturated rings. The second-order valence-electron chi connectivity index (χ2n) is 5.26. The number of benzene rings is 1. The minimum absolute atomic E-state index is 0.0358. The van der Waals surface area contributed by atoms with Crippen LogP contribution in [-0.2, 0) is 10.2 Å². The highest BCUT2D eigenvalue weighted by Crippen LogP contribution is 2.48. The molecular formula is C14H18BrN3OS. The van der Waals surface area contributed by atoms with Crippen LogP contribution in [0.25, 0.3) is 0 Å². The molecule has 0 bridgehead atoms. The molecule has 3 N–H and O–H groups in total. The topological polar surface area (TPSA) is 53.2 Å². The summed E-state index contributed by atoms with van der Waals surface area (Å²) in [5.41, 5.74) is 6.00. The molecule has 0 saturated heterocycles. The maximum Gasteiger partial charge on any atom is 0.249 e. The predicted molar refractivity (Wildman–Crippen MR) is 87.2 cm³/mol. The summed E-state index contributed by atoms with van der Waals surface area (Å²) in [6, 6.07) is 7.95. The van der Waals surface area contributed by atoms with Crippen molar-refractivity contribution in [2.75, 3.05) is 7.05 Å². The van der Waals surface area contributed by atoms with Gasteiger partial charge in [-0.25, -0.2) is 0 Å². The second-order valence-corrected chi connectivity index (χ2v) is 6.59. The SMILES string of the molecule is CNC(=S)NNC(=O)C1(c2cccc(Br)c2)CC(C)C1. The molecule has 20 heavy (non-hydrogen) atoms. The van der Waals surface area contributed by atoms with Crippen molar-refractivity contribution < 1.29 is 4.79 Å². The van der Waals surface area contributed by atoms with Gasteiger partial charge in [0.05, 0.1) is 5.41 Å². The van der Waals surface area contributed by atoms with Crippen molar-refractivity contribution in [1.82, 2.24) is 16.2 Å². The summed E-state index contributed by atoms with van der Waals surface area (Å²) < 4.78 is 0.987. The quantitative estimate of drug-likeness (QED) is 0.562.